The molecule has 0 saturated heterocycles. The van der Waals surface area contributed by atoms with Crippen LogP contribution in [0.25, 0.3) is 10.8 Å². The zero-order valence-corrected chi connectivity index (χ0v) is 14.5. The SMILES string of the molecule is CCCCN(CCCC)C1Cc2cccc3cc(O)cc(c23)C1. The number of phenols is 1. The third-order valence-electron chi connectivity index (χ3n) is 5.15. The second-order valence-corrected chi connectivity index (χ2v) is 6.93. The van der Waals surface area contributed by atoms with Gasteiger partial charge >= 0.3 is 0 Å². The molecule has 1 unspecified atom stereocenters. The minimum absolute atomic E-state index is 0.402. The summed E-state index contributed by atoms with van der Waals surface area (Å²) in [6, 6.07) is 11.0. The van der Waals surface area contributed by atoms with E-state index < -0.39 is 0 Å². The Kier molecular flexibility index (Phi) is 5.22. The van der Waals surface area contributed by atoms with Crippen LogP contribution in [0.1, 0.15) is 50.7 Å². The Morgan fingerprint density at radius 1 is 1.00 bits per heavy atom. The zero-order chi connectivity index (χ0) is 16.2. The van der Waals surface area contributed by atoms with Crippen molar-refractivity contribution in [2.75, 3.05) is 13.1 Å². The van der Waals surface area contributed by atoms with Gasteiger partial charge in [0.05, 0.1) is 0 Å². The number of aromatic hydroxyl groups is 1. The van der Waals surface area contributed by atoms with Crippen LogP contribution in [0.5, 0.6) is 5.75 Å². The summed E-state index contributed by atoms with van der Waals surface area (Å²) in [5.41, 5.74) is 2.77. The van der Waals surface area contributed by atoms with E-state index in [0.29, 0.717) is 11.8 Å². The third-order valence-corrected chi connectivity index (χ3v) is 5.15. The van der Waals surface area contributed by atoms with E-state index in [2.05, 4.69) is 36.9 Å². The van der Waals surface area contributed by atoms with Gasteiger partial charge in [0.15, 0.2) is 0 Å². The molecule has 2 heteroatoms. The highest BCUT2D eigenvalue weighted by Gasteiger charge is 2.25. The number of phenolic OH excluding ortho intramolecular Hbond substituents is 1. The molecule has 0 bridgehead atoms. The predicted molar refractivity (Wildman–Crippen MR) is 98.2 cm³/mol. The Bertz CT molecular complexity index is 656. The molecular formula is C21H29NO. The van der Waals surface area contributed by atoms with Crippen LogP contribution >= 0.6 is 0 Å². The fourth-order valence-corrected chi connectivity index (χ4v) is 3.95. The van der Waals surface area contributed by atoms with Crippen molar-refractivity contribution in [3.63, 3.8) is 0 Å². The van der Waals surface area contributed by atoms with E-state index in [4.69, 9.17) is 0 Å². The van der Waals surface area contributed by atoms with Crippen molar-refractivity contribution in [1.82, 2.24) is 4.90 Å². The van der Waals surface area contributed by atoms with Crippen molar-refractivity contribution in [3.8, 4) is 5.75 Å². The van der Waals surface area contributed by atoms with Gasteiger partial charge in [-0.25, -0.2) is 0 Å². The summed E-state index contributed by atoms with van der Waals surface area (Å²) >= 11 is 0. The van der Waals surface area contributed by atoms with Crippen molar-refractivity contribution in [2.45, 2.75) is 58.4 Å². The van der Waals surface area contributed by atoms with E-state index in [1.165, 1.54) is 60.7 Å². The number of hydrogen-bond acceptors (Lipinski definition) is 2. The summed E-state index contributed by atoms with van der Waals surface area (Å²) < 4.78 is 0. The molecule has 1 aliphatic carbocycles. The van der Waals surface area contributed by atoms with Crippen LogP contribution in [0, 0.1) is 0 Å². The molecule has 0 spiro atoms. The van der Waals surface area contributed by atoms with Gasteiger partial charge in [0, 0.05) is 6.04 Å². The van der Waals surface area contributed by atoms with Gasteiger partial charge in [0.2, 0.25) is 0 Å². The molecule has 2 nitrogen and oxygen atoms in total. The molecule has 0 amide bonds. The maximum atomic E-state index is 10.1. The van der Waals surface area contributed by atoms with E-state index in [1.807, 2.05) is 12.1 Å². The Morgan fingerprint density at radius 2 is 1.70 bits per heavy atom. The summed E-state index contributed by atoms with van der Waals surface area (Å²) in [4.78, 5) is 2.69. The normalized spacial score (nSPS) is 17.1. The maximum absolute atomic E-state index is 10.1. The van der Waals surface area contributed by atoms with E-state index in [9.17, 15) is 5.11 Å². The van der Waals surface area contributed by atoms with Crippen LogP contribution in [-0.2, 0) is 12.8 Å². The van der Waals surface area contributed by atoms with Crippen LogP contribution < -0.4 is 0 Å². The Morgan fingerprint density at radius 3 is 2.39 bits per heavy atom. The number of rotatable bonds is 7. The predicted octanol–water partition coefficient (Wildman–Crippen LogP) is 4.91. The molecule has 1 atom stereocenters. The minimum atomic E-state index is 0.402. The minimum Gasteiger partial charge on any atom is -0.508 e. The summed E-state index contributed by atoms with van der Waals surface area (Å²) in [7, 11) is 0. The zero-order valence-electron chi connectivity index (χ0n) is 14.5. The van der Waals surface area contributed by atoms with E-state index in [-0.39, 0.29) is 0 Å². The first kappa shape index (κ1) is 16.3. The fraction of sp³-hybridized carbons (Fsp3) is 0.524. The molecular weight excluding hydrogens is 282 g/mol. The van der Waals surface area contributed by atoms with Crippen LogP contribution in [-0.4, -0.2) is 29.1 Å². The summed E-state index contributed by atoms with van der Waals surface area (Å²) in [5.74, 6) is 0.402. The van der Waals surface area contributed by atoms with Gasteiger partial charge in [-0.05, 0) is 72.8 Å². The quantitative estimate of drug-likeness (QED) is 0.785. The number of benzene rings is 2. The van der Waals surface area contributed by atoms with E-state index >= 15 is 0 Å². The smallest absolute Gasteiger partial charge is 0.116 e. The van der Waals surface area contributed by atoms with E-state index in [1.54, 1.807) is 0 Å². The molecule has 3 rings (SSSR count). The molecule has 0 aliphatic heterocycles. The van der Waals surface area contributed by atoms with Crippen LogP contribution in [0.2, 0.25) is 0 Å². The Balaban J connectivity index is 1.89. The molecule has 2 aromatic rings. The second kappa shape index (κ2) is 7.35. The lowest BCUT2D eigenvalue weighted by atomic mass is 9.84. The molecule has 1 N–H and O–H groups in total. The molecule has 0 aromatic heterocycles. The highest BCUT2D eigenvalue weighted by molar-refractivity contribution is 5.91. The Labute approximate surface area is 140 Å². The summed E-state index contributed by atoms with van der Waals surface area (Å²) in [6.07, 6.45) is 7.26. The van der Waals surface area contributed by atoms with Gasteiger partial charge in [-0.3, -0.25) is 4.90 Å². The van der Waals surface area contributed by atoms with Gasteiger partial charge < -0.3 is 5.11 Å². The van der Waals surface area contributed by atoms with Gasteiger partial charge in [-0.1, -0.05) is 44.9 Å². The molecule has 0 heterocycles. The first-order chi connectivity index (χ1) is 11.2. The molecule has 2 aromatic carbocycles. The van der Waals surface area contributed by atoms with Crippen LogP contribution in [0.4, 0.5) is 0 Å². The number of unbranched alkanes of at least 4 members (excludes halogenated alkanes) is 2. The third kappa shape index (κ3) is 3.53. The maximum Gasteiger partial charge on any atom is 0.116 e. The molecule has 124 valence electrons. The van der Waals surface area contributed by atoms with Crippen molar-refractivity contribution in [3.05, 3.63) is 41.5 Å². The van der Waals surface area contributed by atoms with Gasteiger partial charge in [-0.15, -0.1) is 0 Å². The lowest BCUT2D eigenvalue weighted by molar-refractivity contribution is 0.185. The molecule has 0 fully saturated rings. The van der Waals surface area contributed by atoms with E-state index in [0.717, 1.165) is 12.8 Å². The monoisotopic (exact) mass is 311 g/mol. The van der Waals surface area contributed by atoms with Gasteiger partial charge in [-0.2, -0.15) is 0 Å². The first-order valence-corrected chi connectivity index (χ1v) is 9.20. The fourth-order valence-electron chi connectivity index (χ4n) is 3.95. The number of nitrogens with zero attached hydrogens (tertiary/aromatic N) is 1. The van der Waals surface area contributed by atoms with Crippen molar-refractivity contribution in [2.24, 2.45) is 0 Å². The van der Waals surface area contributed by atoms with Crippen molar-refractivity contribution < 1.29 is 5.11 Å². The van der Waals surface area contributed by atoms with Crippen LogP contribution in [0.3, 0.4) is 0 Å². The standard InChI is InChI=1S/C21H29NO/c1-3-5-10-22(11-6-4-2)19-12-16-8-7-9-17-14-20(23)15-18(13-19)21(16)17/h7-9,14-15,19,23H,3-6,10-13H2,1-2H3. The molecule has 0 radical (unpaired) electrons. The number of hydrogen-bond donors (Lipinski definition) is 1. The largest absolute Gasteiger partial charge is 0.508 e. The highest BCUT2D eigenvalue weighted by Crippen LogP contribution is 2.34. The lowest BCUT2D eigenvalue weighted by Gasteiger charge is -2.35. The summed E-state index contributed by atoms with van der Waals surface area (Å²) in [5, 5.41) is 12.6. The topological polar surface area (TPSA) is 23.5 Å². The highest BCUT2D eigenvalue weighted by atomic mass is 16.3. The molecule has 0 saturated carbocycles. The lowest BCUT2D eigenvalue weighted by Crippen LogP contribution is -2.41. The average Bonchev–Trinajstić information content (AvgIpc) is 2.54. The first-order valence-electron chi connectivity index (χ1n) is 9.20. The molecule has 23 heavy (non-hydrogen) atoms. The van der Waals surface area contributed by atoms with Crippen molar-refractivity contribution >= 4 is 10.8 Å². The van der Waals surface area contributed by atoms with Gasteiger partial charge in [0.25, 0.3) is 0 Å². The van der Waals surface area contributed by atoms with Crippen LogP contribution in [0.15, 0.2) is 30.3 Å². The average molecular weight is 311 g/mol. The van der Waals surface area contributed by atoms with Gasteiger partial charge in [0.1, 0.15) is 5.75 Å². The second-order valence-electron chi connectivity index (χ2n) is 6.93. The summed E-state index contributed by atoms with van der Waals surface area (Å²) in [6.45, 7) is 6.94. The Hall–Kier alpha value is -1.54. The van der Waals surface area contributed by atoms with Crippen molar-refractivity contribution in [1.29, 1.82) is 0 Å². The molecule has 1 aliphatic rings.